The van der Waals surface area contributed by atoms with Gasteiger partial charge in [-0.05, 0) is 18.2 Å². The van der Waals surface area contributed by atoms with Crippen LogP contribution in [0, 0.1) is 0 Å². The Morgan fingerprint density at radius 3 is 2.90 bits per heavy atom. The fourth-order valence-electron chi connectivity index (χ4n) is 1.72. The van der Waals surface area contributed by atoms with Gasteiger partial charge in [0.05, 0.1) is 5.02 Å². The molecule has 2 heterocycles. The van der Waals surface area contributed by atoms with Crippen molar-refractivity contribution in [1.82, 2.24) is 20.1 Å². The number of nitrogen functional groups attached to an aromatic ring is 1. The Balaban J connectivity index is 1.96. The lowest BCUT2D eigenvalue weighted by Crippen LogP contribution is -2.27. The molecule has 0 saturated heterocycles. The Morgan fingerprint density at radius 2 is 2.25 bits per heavy atom. The highest BCUT2D eigenvalue weighted by molar-refractivity contribution is 6.33. The summed E-state index contributed by atoms with van der Waals surface area (Å²) in [5.41, 5.74) is 3.55. The lowest BCUT2D eigenvalue weighted by molar-refractivity contribution is 0.0949. The highest BCUT2D eigenvalue weighted by atomic mass is 35.5. The molecule has 0 aliphatic carbocycles. The van der Waals surface area contributed by atoms with Gasteiger partial charge in [0.15, 0.2) is 0 Å². The molecule has 8 heteroatoms. The molecular formula is C12H15ClN6O. The average Bonchev–Trinajstić information content (AvgIpc) is 2.85. The molecule has 0 spiro atoms. The Bertz CT molecular complexity index is 612. The van der Waals surface area contributed by atoms with E-state index in [4.69, 9.17) is 17.4 Å². The van der Waals surface area contributed by atoms with E-state index in [1.165, 1.54) is 0 Å². The third kappa shape index (κ3) is 3.25. The minimum atomic E-state index is -0.339. The fourth-order valence-corrected chi connectivity index (χ4v) is 1.91. The normalized spacial score (nSPS) is 10.3. The monoisotopic (exact) mass is 294 g/mol. The van der Waals surface area contributed by atoms with Gasteiger partial charge in [0, 0.05) is 31.9 Å². The number of aromatic nitrogens is 3. The van der Waals surface area contributed by atoms with E-state index in [1.807, 2.05) is 13.1 Å². The number of hydrogen-bond acceptors (Lipinski definition) is 5. The average molecular weight is 295 g/mol. The van der Waals surface area contributed by atoms with Crippen LogP contribution in [0.25, 0.3) is 0 Å². The lowest BCUT2D eigenvalue weighted by atomic mass is 10.3. The van der Waals surface area contributed by atoms with Gasteiger partial charge < -0.3 is 10.7 Å². The predicted octanol–water partition coefficient (Wildman–Crippen LogP) is 0.727. The highest BCUT2D eigenvalue weighted by Gasteiger charge is 2.12. The molecule has 2 aromatic rings. The van der Waals surface area contributed by atoms with Crippen LogP contribution in [0.2, 0.25) is 5.02 Å². The smallest absolute Gasteiger partial charge is 0.271 e. The molecule has 0 radical (unpaired) electrons. The number of anilines is 1. The number of carbonyl (C=O) groups is 1. The van der Waals surface area contributed by atoms with Crippen LogP contribution in [0.4, 0.5) is 5.82 Å². The van der Waals surface area contributed by atoms with Crippen molar-refractivity contribution in [3.05, 3.63) is 40.8 Å². The number of rotatable bonds is 5. The van der Waals surface area contributed by atoms with Crippen LogP contribution < -0.4 is 16.6 Å². The number of carbonyl (C=O) groups excluding carboxylic acids is 1. The van der Waals surface area contributed by atoms with Crippen LogP contribution >= 0.6 is 11.6 Å². The van der Waals surface area contributed by atoms with Crippen molar-refractivity contribution < 1.29 is 4.79 Å². The van der Waals surface area contributed by atoms with Gasteiger partial charge in [-0.1, -0.05) is 11.6 Å². The summed E-state index contributed by atoms with van der Waals surface area (Å²) >= 11 is 5.95. The first-order chi connectivity index (χ1) is 9.61. The minimum absolute atomic E-state index is 0.145. The zero-order valence-corrected chi connectivity index (χ0v) is 11.7. The van der Waals surface area contributed by atoms with Crippen LogP contribution in [-0.4, -0.2) is 27.2 Å². The second kappa shape index (κ2) is 6.36. The van der Waals surface area contributed by atoms with Gasteiger partial charge in [-0.2, -0.15) is 5.10 Å². The van der Waals surface area contributed by atoms with Gasteiger partial charge in [-0.3, -0.25) is 9.48 Å². The number of nitrogens with zero attached hydrogens (tertiary/aromatic N) is 3. The number of amides is 1. The molecular weight excluding hydrogens is 280 g/mol. The van der Waals surface area contributed by atoms with Gasteiger partial charge in [-0.25, -0.2) is 10.8 Å². The standard InChI is InChI=1S/C12H15ClN6O/c1-19-8(5-7-16-19)4-6-15-12(20)11-9(13)2-3-10(17-11)18-14/h2-3,5,7H,4,6,14H2,1H3,(H,15,20)(H,17,18). The summed E-state index contributed by atoms with van der Waals surface area (Å²) < 4.78 is 1.76. The molecule has 4 N–H and O–H groups in total. The lowest BCUT2D eigenvalue weighted by Gasteiger charge is -2.08. The third-order valence-electron chi connectivity index (χ3n) is 2.80. The molecule has 0 bridgehead atoms. The molecule has 0 aliphatic rings. The predicted molar refractivity (Wildman–Crippen MR) is 76.3 cm³/mol. The van der Waals surface area contributed by atoms with Crippen molar-refractivity contribution >= 4 is 23.3 Å². The molecule has 0 saturated carbocycles. The summed E-state index contributed by atoms with van der Waals surface area (Å²) in [6, 6.07) is 5.06. The van der Waals surface area contributed by atoms with E-state index in [-0.39, 0.29) is 16.6 Å². The van der Waals surface area contributed by atoms with Crippen molar-refractivity contribution in [3.8, 4) is 0 Å². The first-order valence-electron chi connectivity index (χ1n) is 6.00. The van der Waals surface area contributed by atoms with Crippen LogP contribution in [0.5, 0.6) is 0 Å². The zero-order valence-electron chi connectivity index (χ0n) is 10.9. The molecule has 0 aliphatic heterocycles. The summed E-state index contributed by atoms with van der Waals surface area (Å²) in [4.78, 5) is 16.0. The summed E-state index contributed by atoms with van der Waals surface area (Å²) in [6.45, 7) is 0.469. The van der Waals surface area contributed by atoms with Gasteiger partial charge in [0.1, 0.15) is 11.5 Å². The molecule has 0 atom stereocenters. The largest absolute Gasteiger partial charge is 0.350 e. The SMILES string of the molecule is Cn1nccc1CCNC(=O)c1nc(NN)ccc1Cl. The van der Waals surface area contributed by atoms with Gasteiger partial charge in [0.2, 0.25) is 0 Å². The quantitative estimate of drug-likeness (QED) is 0.558. The summed E-state index contributed by atoms with van der Waals surface area (Å²) in [5.74, 6) is 5.29. The third-order valence-corrected chi connectivity index (χ3v) is 3.10. The number of hydrazine groups is 1. The number of nitrogens with one attached hydrogen (secondary N) is 2. The topological polar surface area (TPSA) is 97.9 Å². The molecule has 1 amide bonds. The molecule has 2 aromatic heterocycles. The van der Waals surface area contributed by atoms with Crippen LogP contribution in [0.1, 0.15) is 16.2 Å². The van der Waals surface area contributed by atoms with Crippen LogP contribution in [0.3, 0.4) is 0 Å². The van der Waals surface area contributed by atoms with E-state index in [0.717, 1.165) is 5.69 Å². The van der Waals surface area contributed by atoms with Crippen molar-refractivity contribution in [1.29, 1.82) is 0 Å². The first-order valence-corrected chi connectivity index (χ1v) is 6.38. The first kappa shape index (κ1) is 14.3. The molecule has 0 aromatic carbocycles. The van der Waals surface area contributed by atoms with Crippen LogP contribution in [-0.2, 0) is 13.5 Å². The summed E-state index contributed by atoms with van der Waals surface area (Å²) in [6.07, 6.45) is 2.39. The molecule has 0 unspecified atom stereocenters. The summed E-state index contributed by atoms with van der Waals surface area (Å²) in [5, 5.41) is 7.10. The maximum absolute atomic E-state index is 12.0. The molecule has 106 valence electrons. The van der Waals surface area contributed by atoms with E-state index >= 15 is 0 Å². The zero-order chi connectivity index (χ0) is 14.5. The summed E-state index contributed by atoms with van der Waals surface area (Å²) in [7, 11) is 1.85. The molecule has 7 nitrogen and oxygen atoms in total. The van der Waals surface area contributed by atoms with Crippen LogP contribution in [0.15, 0.2) is 24.4 Å². The molecule has 2 rings (SSSR count). The number of nitrogens with two attached hydrogens (primary N) is 1. The number of aryl methyl sites for hydroxylation is 1. The molecule has 20 heavy (non-hydrogen) atoms. The van der Waals surface area contributed by atoms with Crippen molar-refractivity contribution in [2.24, 2.45) is 12.9 Å². The van der Waals surface area contributed by atoms with E-state index < -0.39 is 0 Å². The Hall–Kier alpha value is -2.12. The van der Waals surface area contributed by atoms with E-state index in [2.05, 4.69) is 20.8 Å². The second-order valence-corrected chi connectivity index (χ2v) is 4.53. The number of hydrogen-bond donors (Lipinski definition) is 3. The van der Waals surface area contributed by atoms with Crippen molar-refractivity contribution in [2.45, 2.75) is 6.42 Å². The van der Waals surface area contributed by atoms with E-state index in [0.29, 0.717) is 18.8 Å². The molecule has 0 fully saturated rings. The Morgan fingerprint density at radius 1 is 1.45 bits per heavy atom. The van der Waals surface area contributed by atoms with E-state index in [9.17, 15) is 4.79 Å². The van der Waals surface area contributed by atoms with Gasteiger partial charge in [-0.15, -0.1) is 0 Å². The van der Waals surface area contributed by atoms with Gasteiger partial charge in [0.25, 0.3) is 5.91 Å². The van der Waals surface area contributed by atoms with E-state index in [1.54, 1.807) is 23.0 Å². The fraction of sp³-hybridized carbons (Fsp3) is 0.250. The minimum Gasteiger partial charge on any atom is -0.350 e. The highest BCUT2D eigenvalue weighted by Crippen LogP contribution is 2.16. The Labute approximate surface area is 121 Å². The van der Waals surface area contributed by atoms with Gasteiger partial charge >= 0.3 is 0 Å². The number of halogens is 1. The van der Waals surface area contributed by atoms with Crippen molar-refractivity contribution in [2.75, 3.05) is 12.0 Å². The number of pyridine rings is 1. The maximum atomic E-state index is 12.0. The van der Waals surface area contributed by atoms with Crippen molar-refractivity contribution in [3.63, 3.8) is 0 Å². The maximum Gasteiger partial charge on any atom is 0.271 e. The Kier molecular flexibility index (Phi) is 4.54. The second-order valence-electron chi connectivity index (χ2n) is 4.12.